The third-order valence-electron chi connectivity index (χ3n) is 4.69. The Morgan fingerprint density at radius 1 is 1.19 bits per heavy atom. The first-order valence-electron chi connectivity index (χ1n) is 8.70. The van der Waals surface area contributed by atoms with Gasteiger partial charge in [-0.25, -0.2) is 19.3 Å². The zero-order valence-electron chi connectivity index (χ0n) is 14.8. The Morgan fingerprint density at radius 2 is 2.00 bits per heavy atom. The molecule has 0 radical (unpaired) electrons. The van der Waals surface area contributed by atoms with Crippen LogP contribution in [0.15, 0.2) is 53.7 Å². The third-order valence-corrected chi connectivity index (χ3v) is 4.69. The van der Waals surface area contributed by atoms with Crippen LogP contribution in [0, 0.1) is 5.82 Å². The summed E-state index contributed by atoms with van der Waals surface area (Å²) in [7, 11) is 1.71. The Kier molecular flexibility index (Phi) is 4.64. The molecule has 0 amide bonds. The fourth-order valence-electron chi connectivity index (χ4n) is 3.23. The highest BCUT2D eigenvalue weighted by Gasteiger charge is 2.24. The number of nitrogens with zero attached hydrogens (tertiary/aromatic N) is 5. The lowest BCUT2D eigenvalue weighted by atomic mass is 10.0. The van der Waals surface area contributed by atoms with Gasteiger partial charge in [0.2, 0.25) is 5.95 Å². The van der Waals surface area contributed by atoms with Gasteiger partial charge in [0.15, 0.2) is 0 Å². The molecule has 1 fully saturated rings. The molecule has 0 aliphatic carbocycles. The highest BCUT2D eigenvalue weighted by molar-refractivity contribution is 5.55. The van der Waals surface area contributed by atoms with E-state index in [1.165, 1.54) is 29.1 Å². The van der Waals surface area contributed by atoms with Crippen molar-refractivity contribution in [3.8, 4) is 11.4 Å². The van der Waals surface area contributed by atoms with Gasteiger partial charge in [-0.15, -0.1) is 0 Å². The van der Waals surface area contributed by atoms with Crippen molar-refractivity contribution in [2.24, 2.45) is 7.05 Å². The number of benzene rings is 1. The van der Waals surface area contributed by atoms with Crippen molar-refractivity contribution >= 4 is 5.95 Å². The topological polar surface area (TPSA) is 75.9 Å². The van der Waals surface area contributed by atoms with Crippen LogP contribution in [0.5, 0.6) is 0 Å². The van der Waals surface area contributed by atoms with Crippen molar-refractivity contribution in [1.29, 1.82) is 0 Å². The van der Waals surface area contributed by atoms with Crippen LogP contribution >= 0.6 is 0 Å². The predicted octanol–water partition coefficient (Wildman–Crippen LogP) is 1.53. The molecule has 27 heavy (non-hydrogen) atoms. The van der Waals surface area contributed by atoms with Gasteiger partial charge >= 0.3 is 0 Å². The molecule has 1 aromatic carbocycles. The molecular weight excluding hydrogens is 347 g/mol. The van der Waals surface area contributed by atoms with E-state index >= 15 is 0 Å². The van der Waals surface area contributed by atoms with Gasteiger partial charge in [0.25, 0.3) is 5.56 Å². The molecule has 3 heterocycles. The van der Waals surface area contributed by atoms with E-state index < -0.39 is 0 Å². The van der Waals surface area contributed by atoms with Crippen molar-refractivity contribution in [1.82, 2.24) is 24.8 Å². The maximum absolute atomic E-state index is 13.2. The quantitative estimate of drug-likeness (QED) is 0.758. The number of piperazine rings is 1. The lowest BCUT2D eigenvalue weighted by Gasteiger charge is -2.35. The summed E-state index contributed by atoms with van der Waals surface area (Å²) in [5.41, 5.74) is 1.98. The Labute approximate surface area is 155 Å². The zero-order chi connectivity index (χ0) is 18.8. The molecule has 7 nitrogen and oxygen atoms in total. The first-order valence-corrected chi connectivity index (χ1v) is 8.70. The third kappa shape index (κ3) is 3.56. The van der Waals surface area contributed by atoms with Gasteiger partial charge in [0.1, 0.15) is 12.1 Å². The molecule has 1 aliphatic heterocycles. The van der Waals surface area contributed by atoms with Crippen LogP contribution in [0.2, 0.25) is 0 Å². The molecule has 0 spiro atoms. The zero-order valence-corrected chi connectivity index (χ0v) is 14.8. The molecule has 1 saturated heterocycles. The lowest BCUT2D eigenvalue weighted by molar-refractivity contribution is 0.461. The smallest absolute Gasteiger partial charge is 0.255 e. The minimum Gasteiger partial charge on any atom is -0.339 e. The van der Waals surface area contributed by atoms with Gasteiger partial charge in [0, 0.05) is 45.0 Å². The summed E-state index contributed by atoms with van der Waals surface area (Å²) < 4.78 is 14.7. The molecular formula is C19H19FN6O. The maximum atomic E-state index is 13.2. The van der Waals surface area contributed by atoms with Gasteiger partial charge in [-0.05, 0) is 23.8 Å². The number of hydrogen-bond acceptors (Lipinski definition) is 6. The van der Waals surface area contributed by atoms with E-state index in [2.05, 4.69) is 25.2 Å². The van der Waals surface area contributed by atoms with Crippen molar-refractivity contribution in [3.63, 3.8) is 0 Å². The molecule has 8 heteroatoms. The number of aromatic nitrogens is 4. The van der Waals surface area contributed by atoms with Crippen LogP contribution in [-0.2, 0) is 7.05 Å². The summed E-state index contributed by atoms with van der Waals surface area (Å²) in [6, 6.07) is 9.70. The fraction of sp³-hybridized carbons (Fsp3) is 0.263. The summed E-state index contributed by atoms with van der Waals surface area (Å²) in [4.78, 5) is 27.3. The lowest BCUT2D eigenvalue weighted by Crippen LogP contribution is -2.47. The minimum atomic E-state index is -0.256. The van der Waals surface area contributed by atoms with Crippen LogP contribution in [0.3, 0.4) is 0 Å². The molecule has 0 bridgehead atoms. The Bertz CT molecular complexity index is 989. The van der Waals surface area contributed by atoms with E-state index in [0.29, 0.717) is 30.4 Å². The van der Waals surface area contributed by atoms with Crippen LogP contribution in [-0.4, -0.2) is 39.2 Å². The fourth-order valence-corrected chi connectivity index (χ4v) is 3.23. The second kappa shape index (κ2) is 7.24. The first kappa shape index (κ1) is 17.3. The van der Waals surface area contributed by atoms with Crippen LogP contribution in [0.1, 0.15) is 11.6 Å². The van der Waals surface area contributed by atoms with Crippen LogP contribution in [0.4, 0.5) is 10.3 Å². The molecule has 1 unspecified atom stereocenters. The van der Waals surface area contributed by atoms with E-state index in [1.54, 1.807) is 31.4 Å². The maximum Gasteiger partial charge on any atom is 0.255 e. The highest BCUT2D eigenvalue weighted by atomic mass is 19.1. The number of halogens is 1. The van der Waals surface area contributed by atoms with Crippen LogP contribution < -0.4 is 15.8 Å². The molecule has 3 aromatic rings. The summed E-state index contributed by atoms with van der Waals surface area (Å²) in [5, 5.41) is 3.44. The van der Waals surface area contributed by atoms with Gasteiger partial charge in [0.05, 0.1) is 11.4 Å². The molecule has 1 N–H and O–H groups in total. The van der Waals surface area contributed by atoms with E-state index in [-0.39, 0.29) is 17.4 Å². The second-order valence-electron chi connectivity index (χ2n) is 6.44. The average Bonchev–Trinajstić information content (AvgIpc) is 2.71. The molecule has 1 aliphatic rings. The molecule has 0 saturated carbocycles. The monoisotopic (exact) mass is 366 g/mol. The summed E-state index contributed by atoms with van der Waals surface area (Å²) in [5.74, 6) is 0.331. The van der Waals surface area contributed by atoms with E-state index in [0.717, 1.165) is 12.1 Å². The molecule has 138 valence electrons. The Balaban J connectivity index is 1.67. The summed E-state index contributed by atoms with van der Waals surface area (Å²) in [6.07, 6.45) is 3.06. The standard InChI is InChI=1S/C19H19FN6O/c1-25-18(27)10-16(15-6-7-21-12-23-15)24-19(25)26-9-8-22-17(11-26)13-2-4-14(20)5-3-13/h2-7,10,12,17,22H,8-9,11H2,1H3. The van der Waals surface area contributed by atoms with Gasteiger partial charge in [-0.3, -0.25) is 9.36 Å². The highest BCUT2D eigenvalue weighted by Crippen LogP contribution is 2.22. The number of rotatable bonds is 3. The molecule has 4 rings (SSSR count). The average molecular weight is 366 g/mol. The Morgan fingerprint density at radius 3 is 2.74 bits per heavy atom. The first-order chi connectivity index (χ1) is 13.1. The van der Waals surface area contributed by atoms with E-state index in [4.69, 9.17) is 0 Å². The van der Waals surface area contributed by atoms with Gasteiger partial charge in [-0.1, -0.05) is 12.1 Å². The van der Waals surface area contributed by atoms with Gasteiger partial charge in [-0.2, -0.15) is 0 Å². The van der Waals surface area contributed by atoms with E-state index in [9.17, 15) is 9.18 Å². The van der Waals surface area contributed by atoms with Crippen molar-refractivity contribution in [2.45, 2.75) is 6.04 Å². The summed E-state index contributed by atoms with van der Waals surface area (Å²) >= 11 is 0. The normalized spacial score (nSPS) is 17.1. The second-order valence-corrected chi connectivity index (χ2v) is 6.44. The minimum absolute atomic E-state index is 0.0268. The summed E-state index contributed by atoms with van der Waals surface area (Å²) in [6.45, 7) is 2.07. The predicted molar refractivity (Wildman–Crippen MR) is 99.9 cm³/mol. The Hall–Kier alpha value is -3.13. The number of hydrogen-bond donors (Lipinski definition) is 1. The molecule has 1 atom stereocenters. The van der Waals surface area contributed by atoms with Crippen LogP contribution in [0.25, 0.3) is 11.4 Å². The van der Waals surface area contributed by atoms with Crippen molar-refractivity contribution in [3.05, 3.63) is 70.7 Å². The van der Waals surface area contributed by atoms with Gasteiger partial charge < -0.3 is 10.2 Å². The van der Waals surface area contributed by atoms with Crippen molar-refractivity contribution in [2.75, 3.05) is 24.5 Å². The largest absolute Gasteiger partial charge is 0.339 e. The number of anilines is 1. The van der Waals surface area contributed by atoms with Crippen molar-refractivity contribution < 1.29 is 4.39 Å². The SMILES string of the molecule is Cn1c(N2CCNC(c3ccc(F)cc3)C2)nc(-c2ccncn2)cc1=O. The molecule has 2 aromatic heterocycles. The number of nitrogens with one attached hydrogen (secondary N) is 1. The van der Waals surface area contributed by atoms with E-state index in [1.807, 2.05) is 0 Å².